The fourth-order valence-electron chi connectivity index (χ4n) is 3.41. The maximum absolute atomic E-state index is 5.42. The lowest BCUT2D eigenvalue weighted by atomic mass is 9.99. The Morgan fingerprint density at radius 2 is 1.82 bits per heavy atom. The number of nitrogens with zero attached hydrogens (tertiary/aromatic N) is 4. The maximum atomic E-state index is 5.42. The highest BCUT2D eigenvalue weighted by molar-refractivity contribution is 5.60. The minimum atomic E-state index is 0.483. The molecule has 2 aromatic heterocycles. The molecule has 1 N–H and O–H groups in total. The quantitative estimate of drug-likeness (QED) is 0.693. The van der Waals surface area contributed by atoms with E-state index in [9.17, 15) is 0 Å². The molecule has 3 aromatic rings. The van der Waals surface area contributed by atoms with Crippen molar-refractivity contribution in [2.24, 2.45) is 5.92 Å². The van der Waals surface area contributed by atoms with Gasteiger partial charge >= 0.3 is 0 Å². The second kappa shape index (κ2) is 8.52. The molecule has 1 fully saturated rings. The Balaban J connectivity index is 1.32. The molecule has 146 valence electrons. The molecule has 0 amide bonds. The molecular formula is C22H27N5O. The van der Waals surface area contributed by atoms with E-state index in [1.54, 1.807) is 6.20 Å². The molecule has 6 heteroatoms. The van der Waals surface area contributed by atoms with E-state index in [0.717, 1.165) is 36.0 Å². The number of benzene rings is 1. The average Bonchev–Trinajstić information content (AvgIpc) is 3.21. The molecule has 1 aromatic carbocycles. The summed E-state index contributed by atoms with van der Waals surface area (Å²) in [5.41, 5.74) is 2.97. The largest absolute Gasteiger partial charge is 0.369 e. The van der Waals surface area contributed by atoms with E-state index < -0.39 is 0 Å². The average molecular weight is 377 g/mol. The highest BCUT2D eigenvalue weighted by atomic mass is 16.5. The molecule has 0 bridgehead atoms. The molecule has 1 aliphatic rings. The molecule has 28 heavy (non-hydrogen) atoms. The van der Waals surface area contributed by atoms with E-state index in [1.807, 2.05) is 36.4 Å². The summed E-state index contributed by atoms with van der Waals surface area (Å²) >= 11 is 0. The number of nitrogens with one attached hydrogen (secondary N) is 1. The second-order valence-corrected chi connectivity index (χ2v) is 7.67. The van der Waals surface area contributed by atoms with E-state index in [2.05, 4.69) is 39.2 Å². The third-order valence-electron chi connectivity index (χ3n) is 5.36. The summed E-state index contributed by atoms with van der Waals surface area (Å²) in [5, 5.41) is 7.49. The fourth-order valence-corrected chi connectivity index (χ4v) is 3.41. The van der Waals surface area contributed by atoms with Crippen LogP contribution in [0.25, 0.3) is 22.8 Å². The van der Waals surface area contributed by atoms with E-state index in [-0.39, 0.29) is 0 Å². The SMILES string of the molecule is Cc1ccc(-c2noc(-c3ccc(NCCN4CCC(C)CC4)nc3)n2)cc1. The third-order valence-corrected chi connectivity index (χ3v) is 5.36. The molecule has 0 radical (unpaired) electrons. The number of hydrogen-bond acceptors (Lipinski definition) is 6. The molecule has 0 aliphatic carbocycles. The van der Waals surface area contributed by atoms with Gasteiger partial charge in [0.15, 0.2) is 0 Å². The first-order chi connectivity index (χ1) is 13.7. The van der Waals surface area contributed by atoms with Crippen molar-refractivity contribution in [1.29, 1.82) is 0 Å². The van der Waals surface area contributed by atoms with Crippen molar-refractivity contribution in [1.82, 2.24) is 20.0 Å². The summed E-state index contributed by atoms with van der Waals surface area (Å²) in [5.74, 6) is 2.81. The van der Waals surface area contributed by atoms with Crippen LogP contribution < -0.4 is 5.32 Å². The predicted molar refractivity (Wildman–Crippen MR) is 111 cm³/mol. The number of likely N-dealkylation sites (tertiary alicyclic amines) is 1. The molecule has 3 heterocycles. The molecular weight excluding hydrogens is 350 g/mol. The van der Waals surface area contributed by atoms with Crippen molar-refractivity contribution in [3.05, 3.63) is 48.2 Å². The van der Waals surface area contributed by atoms with Crippen LogP contribution in [-0.4, -0.2) is 46.2 Å². The Morgan fingerprint density at radius 3 is 2.54 bits per heavy atom. The van der Waals surface area contributed by atoms with E-state index in [4.69, 9.17) is 4.52 Å². The van der Waals surface area contributed by atoms with Crippen LogP contribution in [0.5, 0.6) is 0 Å². The predicted octanol–water partition coefficient (Wildman–Crippen LogP) is 4.25. The lowest BCUT2D eigenvalue weighted by Crippen LogP contribution is -2.36. The maximum Gasteiger partial charge on any atom is 0.259 e. The Morgan fingerprint density at radius 1 is 1.07 bits per heavy atom. The van der Waals surface area contributed by atoms with Crippen LogP contribution >= 0.6 is 0 Å². The van der Waals surface area contributed by atoms with Crippen LogP contribution in [0.3, 0.4) is 0 Å². The second-order valence-electron chi connectivity index (χ2n) is 7.67. The van der Waals surface area contributed by atoms with Crippen molar-refractivity contribution in [3.63, 3.8) is 0 Å². The summed E-state index contributed by atoms with van der Waals surface area (Å²) in [7, 11) is 0. The van der Waals surface area contributed by atoms with Crippen LogP contribution in [0.1, 0.15) is 25.3 Å². The normalized spacial score (nSPS) is 15.6. The number of anilines is 1. The molecule has 0 saturated carbocycles. The summed E-state index contributed by atoms with van der Waals surface area (Å²) in [6.07, 6.45) is 4.39. The van der Waals surface area contributed by atoms with Crippen LogP contribution in [0.2, 0.25) is 0 Å². The molecule has 1 saturated heterocycles. The summed E-state index contributed by atoms with van der Waals surface area (Å²) in [6.45, 7) is 8.76. The molecule has 4 rings (SSSR count). The topological polar surface area (TPSA) is 67.1 Å². The highest BCUT2D eigenvalue weighted by Crippen LogP contribution is 2.22. The van der Waals surface area contributed by atoms with Crippen molar-refractivity contribution in [2.75, 3.05) is 31.5 Å². The fraction of sp³-hybridized carbons (Fsp3) is 0.409. The lowest BCUT2D eigenvalue weighted by molar-refractivity contribution is 0.199. The monoisotopic (exact) mass is 377 g/mol. The molecule has 6 nitrogen and oxygen atoms in total. The minimum Gasteiger partial charge on any atom is -0.369 e. The van der Waals surface area contributed by atoms with Gasteiger partial charge in [0.1, 0.15) is 5.82 Å². The Labute approximate surface area is 166 Å². The van der Waals surface area contributed by atoms with Crippen molar-refractivity contribution < 1.29 is 4.52 Å². The Hall–Kier alpha value is -2.73. The number of hydrogen-bond donors (Lipinski definition) is 1. The van der Waals surface area contributed by atoms with E-state index >= 15 is 0 Å². The van der Waals surface area contributed by atoms with E-state index in [1.165, 1.54) is 31.5 Å². The van der Waals surface area contributed by atoms with Gasteiger partial charge in [-0.05, 0) is 50.9 Å². The summed E-state index contributed by atoms with van der Waals surface area (Å²) < 4.78 is 5.42. The van der Waals surface area contributed by atoms with Gasteiger partial charge in [0.05, 0.1) is 5.56 Å². The van der Waals surface area contributed by atoms with E-state index in [0.29, 0.717) is 11.7 Å². The number of rotatable bonds is 6. The lowest BCUT2D eigenvalue weighted by Gasteiger charge is -2.30. The first-order valence-corrected chi connectivity index (χ1v) is 10.0. The van der Waals surface area contributed by atoms with Crippen molar-refractivity contribution in [2.45, 2.75) is 26.7 Å². The molecule has 0 atom stereocenters. The van der Waals surface area contributed by atoms with Gasteiger partial charge < -0.3 is 14.7 Å². The standard InChI is InChI=1S/C22H27N5O/c1-16-3-5-18(6-4-16)21-25-22(28-26-21)19-7-8-20(24-15-19)23-11-14-27-12-9-17(2)10-13-27/h3-8,15,17H,9-14H2,1-2H3,(H,23,24). The zero-order chi connectivity index (χ0) is 19.3. The molecule has 0 spiro atoms. The first-order valence-electron chi connectivity index (χ1n) is 10.0. The molecule has 1 aliphatic heterocycles. The van der Waals surface area contributed by atoms with Crippen LogP contribution in [0.4, 0.5) is 5.82 Å². The number of aromatic nitrogens is 3. The third kappa shape index (κ3) is 4.57. The van der Waals surface area contributed by atoms with Gasteiger partial charge in [0, 0.05) is 24.8 Å². The van der Waals surface area contributed by atoms with Gasteiger partial charge in [-0.1, -0.05) is 41.9 Å². The number of aryl methyl sites for hydroxylation is 1. The Kier molecular flexibility index (Phi) is 5.67. The highest BCUT2D eigenvalue weighted by Gasteiger charge is 2.15. The van der Waals surface area contributed by atoms with Gasteiger partial charge in [-0.3, -0.25) is 0 Å². The van der Waals surface area contributed by atoms with Gasteiger partial charge in [-0.2, -0.15) is 4.98 Å². The zero-order valence-electron chi connectivity index (χ0n) is 16.6. The van der Waals surface area contributed by atoms with Gasteiger partial charge in [-0.25, -0.2) is 4.98 Å². The molecule has 0 unspecified atom stereocenters. The first kappa shape index (κ1) is 18.6. The van der Waals surface area contributed by atoms with Crippen LogP contribution in [0.15, 0.2) is 47.1 Å². The van der Waals surface area contributed by atoms with Gasteiger partial charge in [0.25, 0.3) is 5.89 Å². The summed E-state index contributed by atoms with van der Waals surface area (Å²) in [4.78, 5) is 11.5. The van der Waals surface area contributed by atoms with Gasteiger partial charge in [-0.15, -0.1) is 0 Å². The number of piperidine rings is 1. The number of pyridine rings is 1. The van der Waals surface area contributed by atoms with Crippen molar-refractivity contribution >= 4 is 5.82 Å². The van der Waals surface area contributed by atoms with Crippen molar-refractivity contribution in [3.8, 4) is 22.8 Å². The smallest absolute Gasteiger partial charge is 0.259 e. The summed E-state index contributed by atoms with van der Waals surface area (Å²) in [6, 6.07) is 12.0. The zero-order valence-corrected chi connectivity index (χ0v) is 16.6. The minimum absolute atomic E-state index is 0.483. The van der Waals surface area contributed by atoms with Crippen LogP contribution in [0, 0.1) is 12.8 Å². The van der Waals surface area contributed by atoms with Crippen LogP contribution in [-0.2, 0) is 0 Å². The Bertz CT molecular complexity index is 880. The van der Waals surface area contributed by atoms with Gasteiger partial charge in [0.2, 0.25) is 5.82 Å².